The van der Waals surface area contributed by atoms with E-state index < -0.39 is 10.0 Å². The zero-order chi connectivity index (χ0) is 18.0. The lowest BCUT2D eigenvalue weighted by atomic mass is 10.2. The van der Waals surface area contributed by atoms with Gasteiger partial charge in [0.25, 0.3) is 0 Å². The molecule has 0 spiro atoms. The normalized spacial score (nSPS) is 12.1. The second kappa shape index (κ2) is 10.1. The number of nitrogens with one attached hydrogen (secondary N) is 2. The molecule has 1 aromatic rings. The highest BCUT2D eigenvalue weighted by Gasteiger charge is 2.07. The molecule has 8 heteroatoms. The molecule has 0 aliphatic rings. The monoisotopic (exact) mass is 356 g/mol. The van der Waals surface area contributed by atoms with Gasteiger partial charge in [-0.1, -0.05) is 12.1 Å². The zero-order valence-electron chi connectivity index (χ0n) is 14.9. The van der Waals surface area contributed by atoms with Crippen molar-refractivity contribution >= 4 is 16.0 Å². The van der Waals surface area contributed by atoms with Crippen molar-refractivity contribution in [2.45, 2.75) is 19.9 Å². The SMILES string of the molecule is CCOc1ccc(CN(C)C(=NC)NCCCNS(C)(=O)=O)cc1. The average molecular weight is 356 g/mol. The Kier molecular flexibility index (Phi) is 8.56. The van der Waals surface area contributed by atoms with Gasteiger partial charge in [-0.05, 0) is 31.0 Å². The predicted molar refractivity (Wildman–Crippen MR) is 97.9 cm³/mol. The van der Waals surface area contributed by atoms with Gasteiger partial charge in [0.1, 0.15) is 5.75 Å². The van der Waals surface area contributed by atoms with E-state index in [1.165, 1.54) is 0 Å². The van der Waals surface area contributed by atoms with Gasteiger partial charge in [-0.25, -0.2) is 13.1 Å². The molecule has 24 heavy (non-hydrogen) atoms. The van der Waals surface area contributed by atoms with Crippen molar-refractivity contribution < 1.29 is 13.2 Å². The summed E-state index contributed by atoms with van der Waals surface area (Å²) < 4.78 is 29.9. The molecule has 0 fully saturated rings. The number of rotatable bonds is 9. The molecule has 0 aliphatic carbocycles. The number of aliphatic imine (C=N–C) groups is 1. The van der Waals surface area contributed by atoms with Crippen LogP contribution < -0.4 is 14.8 Å². The molecule has 136 valence electrons. The van der Waals surface area contributed by atoms with E-state index in [1.807, 2.05) is 43.1 Å². The van der Waals surface area contributed by atoms with Crippen LogP contribution in [-0.2, 0) is 16.6 Å². The highest BCUT2D eigenvalue weighted by molar-refractivity contribution is 7.88. The predicted octanol–water partition coefficient (Wildman–Crippen LogP) is 1.03. The lowest BCUT2D eigenvalue weighted by molar-refractivity contribution is 0.340. The van der Waals surface area contributed by atoms with Crippen LogP contribution in [0, 0.1) is 0 Å². The number of nitrogens with zero attached hydrogens (tertiary/aromatic N) is 2. The number of guanidine groups is 1. The van der Waals surface area contributed by atoms with Crippen molar-refractivity contribution in [3.05, 3.63) is 29.8 Å². The molecule has 0 bridgehead atoms. The molecule has 0 radical (unpaired) electrons. The summed E-state index contributed by atoms with van der Waals surface area (Å²) in [4.78, 5) is 6.26. The van der Waals surface area contributed by atoms with E-state index in [2.05, 4.69) is 15.0 Å². The number of hydrogen-bond acceptors (Lipinski definition) is 4. The molecule has 0 atom stereocenters. The summed E-state index contributed by atoms with van der Waals surface area (Å²) in [6, 6.07) is 7.98. The maximum Gasteiger partial charge on any atom is 0.208 e. The van der Waals surface area contributed by atoms with E-state index in [1.54, 1.807) is 7.05 Å². The minimum atomic E-state index is -3.12. The van der Waals surface area contributed by atoms with Gasteiger partial charge < -0.3 is 15.0 Å². The molecule has 0 aromatic heterocycles. The Morgan fingerprint density at radius 2 is 1.92 bits per heavy atom. The van der Waals surface area contributed by atoms with Crippen LogP contribution in [0.1, 0.15) is 18.9 Å². The standard InChI is InChI=1S/C16H28N4O3S/c1-5-23-15-9-7-14(8-10-15)13-20(3)16(17-2)18-11-6-12-19-24(4,21)22/h7-10,19H,5-6,11-13H2,1-4H3,(H,17,18). The Labute approximate surface area is 145 Å². The van der Waals surface area contributed by atoms with Crippen molar-refractivity contribution in [2.24, 2.45) is 4.99 Å². The van der Waals surface area contributed by atoms with Gasteiger partial charge >= 0.3 is 0 Å². The summed E-state index contributed by atoms with van der Waals surface area (Å²) in [5.41, 5.74) is 1.16. The minimum absolute atomic E-state index is 0.408. The first kappa shape index (κ1) is 20.2. The molecule has 2 N–H and O–H groups in total. The van der Waals surface area contributed by atoms with Crippen LogP contribution in [0.2, 0.25) is 0 Å². The van der Waals surface area contributed by atoms with Crippen LogP contribution in [-0.4, -0.2) is 59.3 Å². The van der Waals surface area contributed by atoms with E-state index >= 15 is 0 Å². The Morgan fingerprint density at radius 3 is 2.46 bits per heavy atom. The lowest BCUT2D eigenvalue weighted by Crippen LogP contribution is -2.39. The van der Waals surface area contributed by atoms with E-state index in [0.29, 0.717) is 32.7 Å². The van der Waals surface area contributed by atoms with Crippen LogP contribution >= 0.6 is 0 Å². The first-order chi connectivity index (χ1) is 11.4. The molecular formula is C16H28N4O3S. The molecule has 1 aromatic carbocycles. The average Bonchev–Trinajstić information content (AvgIpc) is 2.52. The van der Waals surface area contributed by atoms with Crippen molar-refractivity contribution in [1.82, 2.24) is 14.9 Å². The van der Waals surface area contributed by atoms with Crippen LogP contribution in [0.4, 0.5) is 0 Å². The maximum absolute atomic E-state index is 11.0. The molecule has 7 nitrogen and oxygen atoms in total. The third-order valence-corrected chi connectivity index (χ3v) is 3.96. The molecule has 0 saturated carbocycles. The van der Waals surface area contributed by atoms with E-state index in [9.17, 15) is 8.42 Å². The van der Waals surface area contributed by atoms with Crippen molar-refractivity contribution in [3.8, 4) is 5.75 Å². The van der Waals surface area contributed by atoms with Gasteiger partial charge in [0.2, 0.25) is 10.0 Å². The molecule has 0 saturated heterocycles. The Balaban J connectivity index is 2.41. The van der Waals surface area contributed by atoms with Crippen LogP contribution in [0.5, 0.6) is 5.75 Å². The summed E-state index contributed by atoms with van der Waals surface area (Å²) in [6.45, 7) is 4.38. The van der Waals surface area contributed by atoms with Crippen LogP contribution in [0.3, 0.4) is 0 Å². The Bertz CT molecular complexity index is 615. The largest absolute Gasteiger partial charge is 0.494 e. The Hall–Kier alpha value is -1.80. The molecule has 0 aliphatic heterocycles. The van der Waals surface area contributed by atoms with E-state index in [-0.39, 0.29) is 0 Å². The van der Waals surface area contributed by atoms with Gasteiger partial charge in [-0.2, -0.15) is 0 Å². The zero-order valence-corrected chi connectivity index (χ0v) is 15.7. The summed E-state index contributed by atoms with van der Waals surface area (Å²) in [6.07, 6.45) is 1.84. The fourth-order valence-electron chi connectivity index (χ4n) is 2.14. The van der Waals surface area contributed by atoms with Gasteiger partial charge in [0.15, 0.2) is 5.96 Å². The number of sulfonamides is 1. The molecule has 0 unspecified atom stereocenters. The fraction of sp³-hybridized carbons (Fsp3) is 0.562. The maximum atomic E-state index is 11.0. The Morgan fingerprint density at radius 1 is 1.25 bits per heavy atom. The summed E-state index contributed by atoms with van der Waals surface area (Å²) in [7, 11) is 0.563. The number of hydrogen-bond donors (Lipinski definition) is 2. The van der Waals surface area contributed by atoms with E-state index in [0.717, 1.165) is 23.5 Å². The molecular weight excluding hydrogens is 328 g/mol. The van der Waals surface area contributed by atoms with Crippen molar-refractivity contribution in [2.75, 3.05) is 40.0 Å². The second-order valence-electron chi connectivity index (χ2n) is 5.43. The third kappa shape index (κ3) is 8.16. The van der Waals surface area contributed by atoms with Crippen LogP contribution in [0.15, 0.2) is 29.3 Å². The molecule has 0 amide bonds. The van der Waals surface area contributed by atoms with Gasteiger partial charge in [-0.3, -0.25) is 4.99 Å². The smallest absolute Gasteiger partial charge is 0.208 e. The summed E-state index contributed by atoms with van der Waals surface area (Å²) >= 11 is 0. The van der Waals surface area contributed by atoms with Gasteiger partial charge in [0, 0.05) is 33.7 Å². The topological polar surface area (TPSA) is 83.0 Å². The number of ether oxygens (including phenoxy) is 1. The first-order valence-corrected chi connectivity index (χ1v) is 9.83. The van der Waals surface area contributed by atoms with E-state index in [4.69, 9.17) is 4.74 Å². The summed E-state index contributed by atoms with van der Waals surface area (Å²) in [5, 5.41) is 3.22. The lowest BCUT2D eigenvalue weighted by Gasteiger charge is -2.22. The highest BCUT2D eigenvalue weighted by Crippen LogP contribution is 2.13. The fourth-order valence-corrected chi connectivity index (χ4v) is 2.65. The molecule has 1 rings (SSSR count). The van der Waals surface area contributed by atoms with Crippen molar-refractivity contribution in [3.63, 3.8) is 0 Å². The first-order valence-electron chi connectivity index (χ1n) is 7.94. The quantitative estimate of drug-likeness (QED) is 0.392. The number of benzene rings is 1. The van der Waals surface area contributed by atoms with Gasteiger partial charge in [0.05, 0.1) is 12.9 Å². The second-order valence-corrected chi connectivity index (χ2v) is 7.26. The third-order valence-electron chi connectivity index (χ3n) is 3.23. The van der Waals surface area contributed by atoms with Gasteiger partial charge in [-0.15, -0.1) is 0 Å². The highest BCUT2D eigenvalue weighted by atomic mass is 32.2. The van der Waals surface area contributed by atoms with Crippen molar-refractivity contribution in [1.29, 1.82) is 0 Å². The summed E-state index contributed by atoms with van der Waals surface area (Å²) in [5.74, 6) is 1.63. The minimum Gasteiger partial charge on any atom is -0.494 e. The molecule has 0 heterocycles. The van der Waals surface area contributed by atoms with Crippen LogP contribution in [0.25, 0.3) is 0 Å².